The van der Waals surface area contributed by atoms with Crippen molar-refractivity contribution in [3.05, 3.63) is 51.7 Å². The van der Waals surface area contributed by atoms with Crippen molar-refractivity contribution in [2.24, 2.45) is 0 Å². The average Bonchev–Trinajstić information content (AvgIpc) is 2.74. The number of hydrogen-bond acceptors (Lipinski definition) is 3. The highest BCUT2D eigenvalue weighted by atomic mass is 32.1. The van der Waals surface area contributed by atoms with Gasteiger partial charge in [0.2, 0.25) is 0 Å². The second-order valence-corrected chi connectivity index (χ2v) is 6.47. The van der Waals surface area contributed by atoms with E-state index in [0.29, 0.717) is 11.8 Å². The summed E-state index contributed by atoms with van der Waals surface area (Å²) < 4.78 is 0. The van der Waals surface area contributed by atoms with Crippen LogP contribution in [0.15, 0.2) is 36.4 Å². The molecule has 1 heterocycles. The predicted molar refractivity (Wildman–Crippen MR) is 81.9 cm³/mol. The number of aromatic hydroxyl groups is 1. The zero-order chi connectivity index (χ0) is 13.8. The number of thiophene rings is 1. The van der Waals surface area contributed by atoms with Crippen LogP contribution in [0.25, 0.3) is 0 Å². The molecule has 1 aromatic carbocycles. The fourth-order valence-corrected chi connectivity index (χ4v) is 3.29. The van der Waals surface area contributed by atoms with Gasteiger partial charge in [0, 0.05) is 21.8 Å². The third-order valence-corrected chi connectivity index (χ3v) is 4.23. The summed E-state index contributed by atoms with van der Waals surface area (Å²) in [6.45, 7) is 6.47. The molecule has 2 unspecified atom stereocenters. The number of phenols is 1. The van der Waals surface area contributed by atoms with Gasteiger partial charge in [-0.1, -0.05) is 12.1 Å². The second-order valence-electron chi connectivity index (χ2n) is 5.10. The summed E-state index contributed by atoms with van der Waals surface area (Å²) in [6, 6.07) is 12.5. The summed E-state index contributed by atoms with van der Waals surface area (Å²) in [5.41, 5.74) is 1.12. The van der Waals surface area contributed by atoms with Crippen LogP contribution < -0.4 is 5.32 Å². The van der Waals surface area contributed by atoms with Gasteiger partial charge in [-0.05, 0) is 57.0 Å². The van der Waals surface area contributed by atoms with Gasteiger partial charge in [-0.25, -0.2) is 0 Å². The molecule has 2 rings (SSSR count). The lowest BCUT2D eigenvalue weighted by Gasteiger charge is -2.20. The molecule has 0 radical (unpaired) electrons. The van der Waals surface area contributed by atoms with Crippen LogP contribution in [0.3, 0.4) is 0 Å². The smallest absolute Gasteiger partial charge is 0.115 e. The number of hydrogen-bond donors (Lipinski definition) is 2. The first-order chi connectivity index (χ1) is 9.04. The SMILES string of the molecule is Cc1ccc(CC(C)NC(C)c2cccc(O)c2)s1. The van der Waals surface area contributed by atoms with Crippen molar-refractivity contribution in [1.29, 1.82) is 0 Å². The van der Waals surface area contributed by atoms with Gasteiger partial charge in [0.1, 0.15) is 5.75 Å². The summed E-state index contributed by atoms with van der Waals surface area (Å²) in [7, 11) is 0. The zero-order valence-corrected chi connectivity index (χ0v) is 12.5. The van der Waals surface area contributed by atoms with Crippen molar-refractivity contribution < 1.29 is 5.11 Å². The Kier molecular flexibility index (Phi) is 4.61. The monoisotopic (exact) mass is 275 g/mol. The molecule has 0 aliphatic rings. The van der Waals surface area contributed by atoms with E-state index >= 15 is 0 Å². The summed E-state index contributed by atoms with van der Waals surface area (Å²) in [5.74, 6) is 0.327. The molecule has 0 amide bonds. The molecule has 3 heteroatoms. The molecule has 2 atom stereocenters. The third-order valence-electron chi connectivity index (χ3n) is 3.21. The standard InChI is InChI=1S/C16H21NOS/c1-11(9-16-8-7-12(2)19-16)17-13(3)14-5-4-6-15(18)10-14/h4-8,10-11,13,17-18H,9H2,1-3H3. The van der Waals surface area contributed by atoms with E-state index in [4.69, 9.17) is 0 Å². The van der Waals surface area contributed by atoms with Gasteiger partial charge in [-0.15, -0.1) is 11.3 Å². The highest BCUT2D eigenvalue weighted by Crippen LogP contribution is 2.20. The van der Waals surface area contributed by atoms with Crippen LogP contribution in [0.2, 0.25) is 0 Å². The first-order valence-corrected chi connectivity index (χ1v) is 7.46. The van der Waals surface area contributed by atoms with Gasteiger partial charge in [0.05, 0.1) is 0 Å². The minimum Gasteiger partial charge on any atom is -0.508 e. The molecule has 2 nitrogen and oxygen atoms in total. The molecule has 102 valence electrons. The highest BCUT2D eigenvalue weighted by Gasteiger charge is 2.11. The molecule has 0 saturated carbocycles. The topological polar surface area (TPSA) is 32.3 Å². The van der Waals surface area contributed by atoms with Crippen molar-refractivity contribution >= 4 is 11.3 Å². The normalized spacial score (nSPS) is 14.3. The minimum atomic E-state index is 0.239. The van der Waals surface area contributed by atoms with Crippen molar-refractivity contribution in [3.8, 4) is 5.75 Å². The van der Waals surface area contributed by atoms with Crippen molar-refractivity contribution in [2.45, 2.75) is 39.3 Å². The van der Waals surface area contributed by atoms with E-state index in [-0.39, 0.29) is 6.04 Å². The van der Waals surface area contributed by atoms with Gasteiger partial charge in [-0.2, -0.15) is 0 Å². The maximum Gasteiger partial charge on any atom is 0.115 e. The number of rotatable bonds is 5. The lowest BCUT2D eigenvalue weighted by atomic mass is 10.1. The van der Waals surface area contributed by atoms with Crippen LogP contribution in [-0.4, -0.2) is 11.1 Å². The molecular weight excluding hydrogens is 254 g/mol. The largest absolute Gasteiger partial charge is 0.508 e. The quantitative estimate of drug-likeness (QED) is 0.863. The van der Waals surface area contributed by atoms with E-state index in [1.165, 1.54) is 9.75 Å². The van der Waals surface area contributed by atoms with E-state index in [0.717, 1.165) is 12.0 Å². The molecule has 1 aromatic heterocycles. The van der Waals surface area contributed by atoms with Crippen molar-refractivity contribution in [1.82, 2.24) is 5.32 Å². The van der Waals surface area contributed by atoms with Crippen LogP contribution in [-0.2, 0) is 6.42 Å². The molecule has 0 aliphatic carbocycles. The minimum absolute atomic E-state index is 0.239. The Bertz CT molecular complexity index is 535. The number of phenolic OH excluding ortho intramolecular Hbond substituents is 1. The van der Waals surface area contributed by atoms with E-state index in [1.807, 2.05) is 29.5 Å². The Labute approximate surface area is 119 Å². The molecule has 2 aromatic rings. The summed E-state index contributed by atoms with van der Waals surface area (Å²) in [4.78, 5) is 2.78. The Balaban J connectivity index is 1.93. The number of benzene rings is 1. The zero-order valence-electron chi connectivity index (χ0n) is 11.7. The second kappa shape index (κ2) is 6.22. The van der Waals surface area contributed by atoms with E-state index in [9.17, 15) is 5.11 Å². The average molecular weight is 275 g/mol. The Hall–Kier alpha value is -1.32. The van der Waals surface area contributed by atoms with Crippen LogP contribution in [0, 0.1) is 6.92 Å². The Morgan fingerprint density at radius 3 is 2.63 bits per heavy atom. The van der Waals surface area contributed by atoms with Gasteiger partial charge in [0.15, 0.2) is 0 Å². The molecule has 0 saturated heterocycles. The molecule has 19 heavy (non-hydrogen) atoms. The number of aryl methyl sites for hydroxylation is 1. The molecule has 0 fully saturated rings. The van der Waals surface area contributed by atoms with Crippen LogP contribution >= 0.6 is 11.3 Å². The highest BCUT2D eigenvalue weighted by molar-refractivity contribution is 7.11. The van der Waals surface area contributed by atoms with Gasteiger partial charge >= 0.3 is 0 Å². The molecular formula is C16H21NOS. The fraction of sp³-hybridized carbons (Fsp3) is 0.375. The summed E-state index contributed by atoms with van der Waals surface area (Å²) in [5, 5.41) is 13.1. The maximum atomic E-state index is 9.51. The maximum absolute atomic E-state index is 9.51. The third kappa shape index (κ3) is 4.08. The lowest BCUT2D eigenvalue weighted by molar-refractivity contribution is 0.462. The predicted octanol–water partition coefficient (Wildman–Crippen LogP) is 4.04. The van der Waals surface area contributed by atoms with Gasteiger partial charge in [-0.3, -0.25) is 0 Å². The summed E-state index contributed by atoms with van der Waals surface area (Å²) in [6.07, 6.45) is 1.04. The first-order valence-electron chi connectivity index (χ1n) is 6.65. The van der Waals surface area contributed by atoms with Gasteiger partial charge in [0.25, 0.3) is 0 Å². The first kappa shape index (κ1) is 14.1. The van der Waals surface area contributed by atoms with Gasteiger partial charge < -0.3 is 10.4 Å². The van der Waals surface area contributed by atoms with Crippen molar-refractivity contribution in [2.75, 3.05) is 0 Å². The van der Waals surface area contributed by atoms with E-state index in [1.54, 1.807) is 6.07 Å². The molecule has 0 bridgehead atoms. The summed E-state index contributed by atoms with van der Waals surface area (Å²) >= 11 is 1.86. The molecule has 0 spiro atoms. The van der Waals surface area contributed by atoms with Crippen LogP contribution in [0.4, 0.5) is 0 Å². The fourth-order valence-electron chi connectivity index (χ4n) is 2.27. The van der Waals surface area contributed by atoms with Crippen LogP contribution in [0.1, 0.15) is 35.2 Å². The van der Waals surface area contributed by atoms with Crippen molar-refractivity contribution in [3.63, 3.8) is 0 Å². The number of nitrogens with one attached hydrogen (secondary N) is 1. The Morgan fingerprint density at radius 2 is 2.00 bits per heavy atom. The Morgan fingerprint density at radius 1 is 1.21 bits per heavy atom. The lowest BCUT2D eigenvalue weighted by Crippen LogP contribution is -2.30. The van der Waals surface area contributed by atoms with Crippen LogP contribution in [0.5, 0.6) is 5.75 Å². The molecule has 2 N–H and O–H groups in total. The van der Waals surface area contributed by atoms with E-state index < -0.39 is 0 Å². The van der Waals surface area contributed by atoms with E-state index in [2.05, 4.69) is 38.2 Å². The molecule has 0 aliphatic heterocycles.